The van der Waals surface area contributed by atoms with Gasteiger partial charge in [0, 0.05) is 55.3 Å². The van der Waals surface area contributed by atoms with Gasteiger partial charge in [-0.25, -0.2) is 14.6 Å². The second kappa shape index (κ2) is 20.3. The number of rotatable bonds is 19. The van der Waals surface area contributed by atoms with Crippen LogP contribution in [0.25, 0.3) is 0 Å². The molecule has 0 spiro atoms. The molecule has 0 radical (unpaired) electrons. The van der Waals surface area contributed by atoms with E-state index in [0.29, 0.717) is 38.1 Å². The van der Waals surface area contributed by atoms with E-state index >= 15 is 0 Å². The predicted molar refractivity (Wildman–Crippen MR) is 210 cm³/mol. The molecule has 0 aliphatic heterocycles. The zero-order valence-corrected chi connectivity index (χ0v) is 32.2. The average molecular weight is 753 g/mol. The lowest BCUT2D eigenvalue weighted by Gasteiger charge is -2.26. The van der Waals surface area contributed by atoms with Crippen LogP contribution in [-0.2, 0) is 41.9 Å². The van der Waals surface area contributed by atoms with Gasteiger partial charge in [-0.05, 0) is 54.9 Å². The van der Waals surface area contributed by atoms with Gasteiger partial charge in [0.25, 0.3) is 0 Å². The van der Waals surface area contributed by atoms with E-state index in [1.165, 1.54) is 11.3 Å². The summed E-state index contributed by atoms with van der Waals surface area (Å²) in [6.07, 6.45) is 5.99. The molecule has 0 aliphatic carbocycles. The van der Waals surface area contributed by atoms with Crippen LogP contribution in [-0.4, -0.2) is 56.9 Å². The summed E-state index contributed by atoms with van der Waals surface area (Å²) in [7, 11) is 1.71. The molecule has 0 fully saturated rings. The fourth-order valence-electron chi connectivity index (χ4n) is 6.08. The minimum atomic E-state index is -0.778. The summed E-state index contributed by atoms with van der Waals surface area (Å²) < 4.78 is 5.53. The number of thiazole rings is 2. The number of ketones is 1. The van der Waals surface area contributed by atoms with Crippen LogP contribution in [0.15, 0.2) is 102 Å². The van der Waals surface area contributed by atoms with Crippen molar-refractivity contribution in [1.29, 1.82) is 0 Å². The van der Waals surface area contributed by atoms with E-state index < -0.39 is 12.1 Å². The van der Waals surface area contributed by atoms with Gasteiger partial charge in [0.2, 0.25) is 0 Å². The van der Waals surface area contributed by atoms with Crippen LogP contribution < -0.4 is 10.6 Å². The standard InChI is InChI=1S/C41H48N6O4S2/c1-29(2)39-44-35(27-52-39)25-47(3)40(49)46-37(23-33-16-10-11-19-43-33)38(48)22-32(20-30-12-6-4-7-13-30)17-18-34(21-31-14-8-5-9-15-31)45-41(50)51-26-36-24-42-28-53-36/h4-16,19,24,27-29,32,34,37H,17-18,20-23,25-26H2,1-3H3,(H,45,50)(H,46,49). The number of urea groups is 1. The Morgan fingerprint density at radius 2 is 1.55 bits per heavy atom. The molecule has 3 aromatic heterocycles. The largest absolute Gasteiger partial charge is 0.444 e. The molecule has 12 heteroatoms. The van der Waals surface area contributed by atoms with Crippen molar-refractivity contribution in [2.75, 3.05) is 7.05 Å². The van der Waals surface area contributed by atoms with Crippen LogP contribution >= 0.6 is 22.7 Å². The Morgan fingerprint density at radius 1 is 0.830 bits per heavy atom. The highest BCUT2D eigenvalue weighted by Gasteiger charge is 2.27. The minimum Gasteiger partial charge on any atom is -0.444 e. The number of aromatic nitrogens is 3. The molecule has 2 aromatic carbocycles. The number of alkyl carbamates (subject to hydrolysis) is 1. The number of carbonyl (C=O) groups is 3. The molecular formula is C41H48N6O4S2. The van der Waals surface area contributed by atoms with Crippen molar-refractivity contribution in [3.63, 3.8) is 0 Å². The van der Waals surface area contributed by atoms with Crippen LogP contribution in [0.1, 0.15) is 71.4 Å². The zero-order valence-electron chi connectivity index (χ0n) is 30.5. The Bertz CT molecular complexity index is 1840. The fourth-order valence-corrected chi connectivity index (χ4v) is 7.41. The Labute approximate surface area is 320 Å². The molecule has 0 saturated heterocycles. The molecule has 3 unspecified atom stereocenters. The van der Waals surface area contributed by atoms with Gasteiger partial charge in [0.1, 0.15) is 6.61 Å². The molecule has 10 nitrogen and oxygen atoms in total. The lowest BCUT2D eigenvalue weighted by Crippen LogP contribution is -2.48. The van der Waals surface area contributed by atoms with Crippen molar-refractivity contribution in [3.8, 4) is 0 Å². The van der Waals surface area contributed by atoms with Crippen molar-refractivity contribution in [3.05, 3.63) is 135 Å². The number of nitrogens with one attached hydrogen (secondary N) is 2. The molecule has 3 atom stereocenters. The summed E-state index contributed by atoms with van der Waals surface area (Å²) in [6, 6.07) is 24.4. The molecule has 5 aromatic rings. The third-order valence-electron chi connectivity index (χ3n) is 8.89. The van der Waals surface area contributed by atoms with Gasteiger partial charge in [0.05, 0.1) is 33.7 Å². The number of nitrogens with zero attached hydrogens (tertiary/aromatic N) is 4. The highest BCUT2D eigenvalue weighted by atomic mass is 32.1. The number of carbonyl (C=O) groups excluding carboxylic acids is 3. The number of Topliss-reactive ketones (excluding diaryl/α,β-unsaturated/α-hetero) is 1. The van der Waals surface area contributed by atoms with Gasteiger partial charge in [-0.2, -0.15) is 0 Å². The van der Waals surface area contributed by atoms with E-state index in [4.69, 9.17) is 4.74 Å². The highest BCUT2D eigenvalue weighted by molar-refractivity contribution is 7.09. The first-order valence-electron chi connectivity index (χ1n) is 18.0. The Balaban J connectivity index is 1.30. The molecule has 0 saturated carbocycles. The zero-order chi connectivity index (χ0) is 37.4. The molecule has 0 bridgehead atoms. The maximum atomic E-state index is 14.3. The summed E-state index contributed by atoms with van der Waals surface area (Å²) in [5.41, 5.74) is 5.46. The van der Waals surface area contributed by atoms with E-state index in [-0.39, 0.29) is 43.2 Å². The van der Waals surface area contributed by atoms with E-state index in [2.05, 4.69) is 51.6 Å². The monoisotopic (exact) mass is 752 g/mol. The van der Waals surface area contributed by atoms with E-state index in [1.54, 1.807) is 41.2 Å². The number of ether oxygens (including phenoxy) is 1. The van der Waals surface area contributed by atoms with Gasteiger partial charge in [0.15, 0.2) is 5.78 Å². The molecule has 53 heavy (non-hydrogen) atoms. The van der Waals surface area contributed by atoms with Crippen molar-refractivity contribution in [1.82, 2.24) is 30.5 Å². The Kier molecular flexibility index (Phi) is 15.1. The van der Waals surface area contributed by atoms with Crippen LogP contribution in [0.3, 0.4) is 0 Å². The number of pyridine rings is 1. The Morgan fingerprint density at radius 3 is 2.19 bits per heavy atom. The van der Waals surface area contributed by atoms with Crippen molar-refractivity contribution >= 4 is 40.6 Å². The quantitative estimate of drug-likeness (QED) is 0.0876. The molecule has 3 amide bonds. The number of hydrogen-bond acceptors (Lipinski definition) is 9. The first-order valence-corrected chi connectivity index (χ1v) is 19.7. The maximum Gasteiger partial charge on any atom is 0.407 e. The maximum absolute atomic E-state index is 14.3. The van der Waals surface area contributed by atoms with Crippen LogP contribution in [0.5, 0.6) is 0 Å². The van der Waals surface area contributed by atoms with Gasteiger partial charge in [-0.3, -0.25) is 14.8 Å². The second-order valence-electron chi connectivity index (χ2n) is 13.6. The molecule has 0 aliphatic rings. The minimum absolute atomic E-state index is 0.0523. The van der Waals surface area contributed by atoms with Crippen molar-refractivity contribution < 1.29 is 19.1 Å². The highest BCUT2D eigenvalue weighted by Crippen LogP contribution is 2.23. The third-order valence-corrected chi connectivity index (χ3v) is 10.8. The van der Waals surface area contributed by atoms with Crippen LogP contribution in [0.4, 0.5) is 9.59 Å². The first kappa shape index (κ1) is 39.3. The van der Waals surface area contributed by atoms with Gasteiger partial charge in [-0.15, -0.1) is 22.7 Å². The molecular weight excluding hydrogens is 705 g/mol. The van der Waals surface area contributed by atoms with Gasteiger partial charge >= 0.3 is 12.1 Å². The smallest absolute Gasteiger partial charge is 0.407 e. The van der Waals surface area contributed by atoms with Gasteiger partial charge < -0.3 is 20.3 Å². The molecule has 278 valence electrons. The second-order valence-corrected chi connectivity index (χ2v) is 15.5. The van der Waals surface area contributed by atoms with Crippen LogP contribution in [0, 0.1) is 5.92 Å². The molecule has 2 N–H and O–H groups in total. The van der Waals surface area contributed by atoms with Crippen LogP contribution in [0.2, 0.25) is 0 Å². The normalized spacial score (nSPS) is 12.8. The Hall–Kier alpha value is -4.94. The van der Waals surface area contributed by atoms with Crippen molar-refractivity contribution in [2.45, 2.75) is 83.5 Å². The topological polar surface area (TPSA) is 126 Å². The van der Waals surface area contributed by atoms with Crippen molar-refractivity contribution in [2.24, 2.45) is 5.92 Å². The molecule has 3 heterocycles. The first-order chi connectivity index (χ1) is 25.7. The fraction of sp³-hybridized carbons (Fsp3) is 0.366. The lowest BCUT2D eigenvalue weighted by atomic mass is 9.86. The summed E-state index contributed by atoms with van der Waals surface area (Å²) in [4.78, 5) is 56.4. The van der Waals surface area contributed by atoms with Gasteiger partial charge in [-0.1, -0.05) is 80.6 Å². The third kappa shape index (κ3) is 13.2. The number of hydrogen-bond donors (Lipinski definition) is 2. The SMILES string of the molecule is CC(C)c1nc(CN(C)C(=O)NC(Cc2ccccn2)C(=O)CC(CCC(Cc2ccccc2)NC(=O)OCc2cncs2)Cc2ccccc2)cs1. The summed E-state index contributed by atoms with van der Waals surface area (Å²) in [6.45, 7) is 4.68. The van der Waals surface area contributed by atoms with E-state index in [1.807, 2.05) is 72.1 Å². The lowest BCUT2D eigenvalue weighted by molar-refractivity contribution is -0.121. The summed E-state index contributed by atoms with van der Waals surface area (Å²) in [5, 5.41) is 9.11. The number of benzene rings is 2. The van der Waals surface area contributed by atoms with E-state index in [9.17, 15) is 14.4 Å². The summed E-state index contributed by atoms with van der Waals surface area (Å²) in [5.74, 6) is 0.193. The summed E-state index contributed by atoms with van der Waals surface area (Å²) >= 11 is 3.02. The predicted octanol–water partition coefficient (Wildman–Crippen LogP) is 8.01. The number of amides is 3. The average Bonchev–Trinajstić information content (AvgIpc) is 3.87. The molecule has 5 rings (SSSR count). The van der Waals surface area contributed by atoms with E-state index in [0.717, 1.165) is 32.4 Å².